The van der Waals surface area contributed by atoms with E-state index in [2.05, 4.69) is 78.7 Å². The number of hydrogen-bond donors (Lipinski definition) is 0. The third kappa shape index (κ3) is 3.74. The van der Waals surface area contributed by atoms with Crippen molar-refractivity contribution in [3.8, 4) is 5.75 Å². The van der Waals surface area contributed by atoms with Gasteiger partial charge in [-0.05, 0) is 60.7 Å². The summed E-state index contributed by atoms with van der Waals surface area (Å²) in [5.41, 5.74) is 9.07. The molecule has 7 rings (SSSR count). The Kier molecular flexibility index (Phi) is 5.93. The summed E-state index contributed by atoms with van der Waals surface area (Å²) in [4.78, 5) is 20.1. The van der Waals surface area contributed by atoms with Gasteiger partial charge in [-0.1, -0.05) is 72.0 Å². The Labute approximate surface area is 236 Å². The number of benzene rings is 3. The Hall–Kier alpha value is -4.42. The Morgan fingerprint density at radius 2 is 1.82 bits per heavy atom. The van der Waals surface area contributed by atoms with Gasteiger partial charge in [0.2, 0.25) is 0 Å². The second-order valence-corrected chi connectivity index (χ2v) is 11.3. The minimum atomic E-state index is -0.212. The first-order valence-corrected chi connectivity index (χ1v) is 14.4. The van der Waals surface area contributed by atoms with Crippen molar-refractivity contribution in [1.82, 2.24) is 9.13 Å². The van der Waals surface area contributed by atoms with E-state index in [0.717, 1.165) is 56.8 Å². The van der Waals surface area contributed by atoms with Gasteiger partial charge < -0.3 is 9.30 Å². The van der Waals surface area contributed by atoms with Crippen LogP contribution in [0.4, 0.5) is 0 Å². The number of thiazole rings is 1. The van der Waals surface area contributed by atoms with Crippen molar-refractivity contribution < 1.29 is 4.74 Å². The lowest BCUT2D eigenvalue weighted by Gasteiger charge is -2.30. The maximum atomic E-state index is 14.2. The largest absolute Gasteiger partial charge is 0.497 e. The summed E-state index contributed by atoms with van der Waals surface area (Å²) >= 11 is 1.47. The molecule has 0 bridgehead atoms. The van der Waals surface area contributed by atoms with Crippen LogP contribution < -0.4 is 19.6 Å². The fraction of sp³-hybridized carbons (Fsp3) is 0.176. The molecule has 1 unspecified atom stereocenters. The minimum absolute atomic E-state index is 0.00470. The Bertz CT molecular complexity index is 2020. The average Bonchev–Trinajstić information content (AvgIpc) is 3.45. The number of fused-ring (bicyclic) bond motifs is 4. The molecule has 1 aliphatic heterocycles. The Morgan fingerprint density at radius 1 is 1.05 bits per heavy atom. The summed E-state index contributed by atoms with van der Waals surface area (Å²) in [7, 11) is 1.67. The number of aromatic nitrogens is 2. The summed E-state index contributed by atoms with van der Waals surface area (Å²) in [6, 6.07) is 24.7. The van der Waals surface area contributed by atoms with Crippen LogP contribution in [-0.2, 0) is 13.0 Å². The van der Waals surface area contributed by atoms with Gasteiger partial charge in [0, 0.05) is 34.3 Å². The molecule has 1 atom stereocenters. The molecule has 0 N–H and O–H groups in total. The molecule has 198 valence electrons. The SMILES string of the molecule is C=CCn1c(C)c(/C=c2\sc3n(c2=O)C(c2ccc(OC)cc2)C2=C(N=3)c3ccccc3CC2)c2ccccc21. The molecule has 1 aliphatic carbocycles. The van der Waals surface area contributed by atoms with E-state index >= 15 is 0 Å². The molecule has 0 amide bonds. The normalized spacial score (nSPS) is 16.4. The standard InChI is InChI=1S/C34H29N3O2S/c1-4-19-36-21(2)28(26-11-7-8-12-29(26)36)20-30-33(38)37-32(23-13-16-24(39-3)17-14-23)27-18-15-22-9-5-6-10-25(22)31(27)35-34(37)40-30/h4-14,16-17,20,32H,1,15,18-19H2,2-3H3/b30-20-. The van der Waals surface area contributed by atoms with E-state index in [-0.39, 0.29) is 11.6 Å². The molecule has 5 aromatic rings. The topological polar surface area (TPSA) is 48.5 Å². The van der Waals surface area contributed by atoms with Gasteiger partial charge in [0.15, 0.2) is 4.80 Å². The predicted octanol–water partition coefficient (Wildman–Crippen LogP) is 5.78. The zero-order chi connectivity index (χ0) is 27.4. The van der Waals surface area contributed by atoms with E-state index in [1.54, 1.807) is 7.11 Å². The van der Waals surface area contributed by atoms with E-state index in [1.807, 2.05) is 28.8 Å². The molecule has 2 aromatic heterocycles. The average molecular weight is 544 g/mol. The molecule has 6 heteroatoms. The van der Waals surface area contributed by atoms with Gasteiger partial charge in [0.1, 0.15) is 5.75 Å². The molecule has 40 heavy (non-hydrogen) atoms. The van der Waals surface area contributed by atoms with Crippen LogP contribution >= 0.6 is 11.3 Å². The highest BCUT2D eigenvalue weighted by molar-refractivity contribution is 7.07. The van der Waals surface area contributed by atoms with Crippen molar-refractivity contribution in [2.24, 2.45) is 4.99 Å². The Balaban J connectivity index is 1.49. The summed E-state index contributed by atoms with van der Waals surface area (Å²) in [5.74, 6) is 0.797. The maximum absolute atomic E-state index is 14.2. The van der Waals surface area contributed by atoms with Gasteiger partial charge in [0.05, 0.1) is 23.4 Å². The van der Waals surface area contributed by atoms with Crippen LogP contribution in [0.3, 0.4) is 0 Å². The van der Waals surface area contributed by atoms with Crippen molar-refractivity contribution in [2.75, 3.05) is 7.11 Å². The third-order valence-corrected chi connectivity index (χ3v) is 9.15. The molecule has 0 fully saturated rings. The smallest absolute Gasteiger partial charge is 0.271 e. The fourth-order valence-electron chi connectivity index (χ4n) is 6.24. The monoisotopic (exact) mass is 543 g/mol. The number of aryl methyl sites for hydroxylation is 1. The van der Waals surface area contributed by atoms with Crippen LogP contribution in [0.15, 0.2) is 101 Å². The summed E-state index contributed by atoms with van der Waals surface area (Å²) in [6.07, 6.45) is 5.77. The van der Waals surface area contributed by atoms with E-state index in [4.69, 9.17) is 9.73 Å². The first-order valence-electron chi connectivity index (χ1n) is 13.5. The lowest BCUT2D eigenvalue weighted by atomic mass is 9.83. The number of rotatable bonds is 5. The highest BCUT2D eigenvalue weighted by Gasteiger charge is 2.32. The van der Waals surface area contributed by atoms with Gasteiger partial charge in [-0.3, -0.25) is 9.36 Å². The predicted molar refractivity (Wildman–Crippen MR) is 163 cm³/mol. The quantitative estimate of drug-likeness (QED) is 0.264. The van der Waals surface area contributed by atoms with Gasteiger partial charge >= 0.3 is 0 Å². The van der Waals surface area contributed by atoms with Gasteiger partial charge in [0.25, 0.3) is 5.56 Å². The number of hydrogen-bond acceptors (Lipinski definition) is 4. The third-order valence-electron chi connectivity index (χ3n) is 8.17. The van der Waals surface area contributed by atoms with Crippen LogP contribution in [0.2, 0.25) is 0 Å². The summed E-state index contributed by atoms with van der Waals surface area (Å²) < 4.78 is 10.3. The lowest BCUT2D eigenvalue weighted by Crippen LogP contribution is -2.38. The van der Waals surface area contributed by atoms with Gasteiger partial charge in [-0.15, -0.1) is 6.58 Å². The van der Waals surface area contributed by atoms with Crippen LogP contribution in [0.1, 0.15) is 40.4 Å². The van der Waals surface area contributed by atoms with Gasteiger partial charge in [-0.25, -0.2) is 4.99 Å². The summed E-state index contributed by atoms with van der Waals surface area (Å²) in [5, 5.41) is 1.13. The number of para-hydroxylation sites is 1. The molecular formula is C34H29N3O2S. The number of nitrogens with zero attached hydrogens (tertiary/aromatic N) is 3. The van der Waals surface area contributed by atoms with Gasteiger partial charge in [-0.2, -0.15) is 0 Å². The van der Waals surface area contributed by atoms with Crippen LogP contribution in [0.25, 0.3) is 22.7 Å². The molecule has 0 spiro atoms. The van der Waals surface area contributed by atoms with Crippen molar-refractivity contribution >= 4 is 34.0 Å². The number of methoxy groups -OCH3 is 1. The molecule has 0 radical (unpaired) electrons. The molecule has 5 nitrogen and oxygen atoms in total. The highest BCUT2D eigenvalue weighted by Crippen LogP contribution is 2.41. The Morgan fingerprint density at radius 3 is 2.62 bits per heavy atom. The zero-order valence-electron chi connectivity index (χ0n) is 22.6. The van der Waals surface area contributed by atoms with E-state index < -0.39 is 0 Å². The zero-order valence-corrected chi connectivity index (χ0v) is 23.4. The lowest BCUT2D eigenvalue weighted by molar-refractivity contribution is 0.414. The molecule has 0 saturated heterocycles. The fourth-order valence-corrected chi connectivity index (χ4v) is 7.23. The number of ether oxygens (including phenoxy) is 1. The van der Waals surface area contributed by atoms with Crippen LogP contribution in [-0.4, -0.2) is 16.2 Å². The first-order chi connectivity index (χ1) is 19.6. The molecular weight excluding hydrogens is 514 g/mol. The maximum Gasteiger partial charge on any atom is 0.271 e. The van der Waals surface area contributed by atoms with Crippen molar-refractivity contribution in [2.45, 2.75) is 32.4 Å². The number of allylic oxidation sites excluding steroid dienone is 2. The molecule has 2 aliphatic rings. The van der Waals surface area contributed by atoms with Crippen LogP contribution in [0.5, 0.6) is 5.75 Å². The van der Waals surface area contributed by atoms with Crippen molar-refractivity contribution in [3.63, 3.8) is 0 Å². The minimum Gasteiger partial charge on any atom is -0.497 e. The van der Waals surface area contributed by atoms with Crippen LogP contribution in [0, 0.1) is 6.92 Å². The highest BCUT2D eigenvalue weighted by atomic mass is 32.1. The molecule has 3 aromatic carbocycles. The second kappa shape index (κ2) is 9.65. The van der Waals surface area contributed by atoms with E-state index in [9.17, 15) is 4.79 Å². The molecule has 3 heterocycles. The summed E-state index contributed by atoms with van der Waals surface area (Å²) in [6.45, 7) is 6.77. The first kappa shape index (κ1) is 24.6. The van der Waals surface area contributed by atoms with E-state index in [0.29, 0.717) is 11.1 Å². The van der Waals surface area contributed by atoms with Crippen molar-refractivity contribution in [1.29, 1.82) is 0 Å². The van der Waals surface area contributed by atoms with E-state index in [1.165, 1.54) is 28.0 Å². The van der Waals surface area contributed by atoms with Crippen molar-refractivity contribution in [3.05, 3.63) is 139 Å². The second-order valence-electron chi connectivity index (χ2n) is 10.3. The molecule has 0 saturated carbocycles.